The number of sulfonamides is 1. The molecule has 27 heavy (non-hydrogen) atoms. The van der Waals surface area contributed by atoms with E-state index in [0.29, 0.717) is 24.7 Å². The van der Waals surface area contributed by atoms with Gasteiger partial charge in [-0.05, 0) is 55.2 Å². The second-order valence-electron chi connectivity index (χ2n) is 7.20. The van der Waals surface area contributed by atoms with Crippen molar-refractivity contribution in [3.05, 3.63) is 69.1 Å². The van der Waals surface area contributed by atoms with Crippen LogP contribution in [-0.2, 0) is 16.6 Å². The number of pyridine rings is 1. The summed E-state index contributed by atoms with van der Waals surface area (Å²) < 4.78 is 29.6. The van der Waals surface area contributed by atoms with Gasteiger partial charge < -0.3 is 4.57 Å². The fraction of sp³-hybridized carbons (Fsp3) is 0.350. The van der Waals surface area contributed by atoms with Gasteiger partial charge in [0.15, 0.2) is 0 Å². The summed E-state index contributed by atoms with van der Waals surface area (Å²) in [5.74, 6) is 0.150. The first-order chi connectivity index (χ1) is 12.9. The van der Waals surface area contributed by atoms with E-state index in [9.17, 15) is 13.2 Å². The van der Waals surface area contributed by atoms with E-state index in [1.807, 2.05) is 29.7 Å². The van der Waals surface area contributed by atoms with E-state index in [-0.39, 0.29) is 22.3 Å². The molecule has 5 nitrogen and oxygen atoms in total. The Kier molecular flexibility index (Phi) is 4.74. The number of rotatable bonds is 3. The van der Waals surface area contributed by atoms with Gasteiger partial charge in [-0.15, -0.1) is 0 Å². The molecule has 1 saturated heterocycles. The number of hydrogen-bond donors (Lipinski definition) is 0. The molecule has 0 aliphatic carbocycles. The minimum Gasteiger partial charge on any atom is -0.311 e. The summed E-state index contributed by atoms with van der Waals surface area (Å²) in [4.78, 5) is 12.6. The molecule has 2 bridgehead atoms. The minimum atomic E-state index is -3.59. The van der Waals surface area contributed by atoms with Crippen LogP contribution < -0.4 is 5.56 Å². The number of allylic oxidation sites excluding steroid dienone is 1. The molecule has 4 rings (SSSR count). The molecule has 1 fully saturated rings. The van der Waals surface area contributed by atoms with Crippen molar-refractivity contribution >= 4 is 27.7 Å². The van der Waals surface area contributed by atoms with Crippen LogP contribution in [0.2, 0.25) is 5.02 Å². The summed E-state index contributed by atoms with van der Waals surface area (Å²) in [5, 5.41) is 0.508. The van der Waals surface area contributed by atoms with Crippen molar-refractivity contribution < 1.29 is 8.42 Å². The molecule has 3 heterocycles. The second kappa shape index (κ2) is 6.93. The van der Waals surface area contributed by atoms with Crippen LogP contribution in [0.5, 0.6) is 0 Å². The number of fused-ring (bicyclic) bond motifs is 4. The average Bonchev–Trinajstić information content (AvgIpc) is 2.64. The first-order valence-corrected chi connectivity index (χ1v) is 10.8. The Morgan fingerprint density at radius 3 is 2.52 bits per heavy atom. The van der Waals surface area contributed by atoms with E-state index in [1.54, 1.807) is 34.6 Å². The van der Waals surface area contributed by atoms with Crippen LogP contribution in [0.1, 0.15) is 30.5 Å². The molecule has 2 aliphatic rings. The highest BCUT2D eigenvalue weighted by molar-refractivity contribution is 7.89. The van der Waals surface area contributed by atoms with E-state index < -0.39 is 10.0 Å². The number of halogens is 1. The van der Waals surface area contributed by atoms with Crippen LogP contribution in [0.25, 0.3) is 6.08 Å². The van der Waals surface area contributed by atoms with E-state index in [1.165, 1.54) is 0 Å². The van der Waals surface area contributed by atoms with Gasteiger partial charge in [-0.25, -0.2) is 8.42 Å². The summed E-state index contributed by atoms with van der Waals surface area (Å²) in [6, 6.07) is 9.72. The van der Waals surface area contributed by atoms with Gasteiger partial charge in [0.05, 0.1) is 4.90 Å². The number of hydrogen-bond acceptors (Lipinski definition) is 3. The molecule has 2 atom stereocenters. The molecular formula is C20H21ClN2O3S. The van der Waals surface area contributed by atoms with Crippen LogP contribution in [0.4, 0.5) is 0 Å². The van der Waals surface area contributed by atoms with Crippen molar-refractivity contribution in [3.63, 3.8) is 0 Å². The molecule has 0 N–H and O–H groups in total. The standard InChI is InChI=1S/C20H21ClN2O3S/c1-2-3-15-4-9-19(24)23-12-14-10-16(20(15)23)13-22(11-14)27(25,26)18-7-5-17(21)6-8-18/h2-9,14,16H,10-13H2,1H3/t14-,16-/m0/s1. The lowest BCUT2D eigenvalue weighted by Gasteiger charge is -2.42. The first-order valence-electron chi connectivity index (χ1n) is 9.02. The number of aromatic nitrogens is 1. The molecule has 0 radical (unpaired) electrons. The monoisotopic (exact) mass is 404 g/mol. The smallest absolute Gasteiger partial charge is 0.250 e. The fourth-order valence-electron chi connectivity index (χ4n) is 4.28. The summed E-state index contributed by atoms with van der Waals surface area (Å²) >= 11 is 5.90. The maximum atomic E-state index is 13.1. The topological polar surface area (TPSA) is 59.4 Å². The Balaban J connectivity index is 1.73. The Bertz CT molecular complexity index is 1060. The van der Waals surface area contributed by atoms with Gasteiger partial charge in [-0.3, -0.25) is 4.79 Å². The maximum Gasteiger partial charge on any atom is 0.250 e. The number of piperidine rings is 1. The summed E-state index contributed by atoms with van der Waals surface area (Å²) in [5.41, 5.74) is 1.93. The first kappa shape index (κ1) is 18.5. The van der Waals surface area contributed by atoms with Crippen LogP contribution in [0.3, 0.4) is 0 Å². The van der Waals surface area contributed by atoms with Crippen LogP contribution in [0.15, 0.2) is 52.2 Å². The SMILES string of the molecule is CC=Cc1ccc(=O)n2c1[C@H]1C[C@@H](CN(S(=O)(=O)c3ccc(Cl)cc3)C1)C2. The third-order valence-corrected chi connectivity index (χ3v) is 7.48. The lowest BCUT2D eigenvalue weighted by Crippen LogP contribution is -2.49. The molecule has 0 amide bonds. The molecule has 0 spiro atoms. The van der Waals surface area contributed by atoms with Gasteiger partial charge in [0.1, 0.15) is 0 Å². The summed E-state index contributed by atoms with van der Waals surface area (Å²) in [7, 11) is -3.59. The third-order valence-electron chi connectivity index (χ3n) is 5.39. The largest absolute Gasteiger partial charge is 0.311 e. The highest BCUT2D eigenvalue weighted by atomic mass is 35.5. The van der Waals surface area contributed by atoms with Gasteiger partial charge in [0.2, 0.25) is 10.0 Å². The molecule has 2 aromatic rings. The zero-order valence-corrected chi connectivity index (χ0v) is 16.6. The number of nitrogens with zero attached hydrogens (tertiary/aromatic N) is 2. The second-order valence-corrected chi connectivity index (χ2v) is 9.57. The van der Waals surface area contributed by atoms with Gasteiger partial charge in [0, 0.05) is 42.3 Å². The fourth-order valence-corrected chi connectivity index (χ4v) is 5.96. The van der Waals surface area contributed by atoms with Crippen LogP contribution in [-0.4, -0.2) is 30.4 Å². The van der Waals surface area contributed by atoms with Crippen molar-refractivity contribution in [1.82, 2.24) is 8.87 Å². The zero-order chi connectivity index (χ0) is 19.2. The Hall–Kier alpha value is -1.89. The summed E-state index contributed by atoms with van der Waals surface area (Å²) in [6.45, 7) is 3.31. The van der Waals surface area contributed by atoms with Crippen LogP contribution >= 0.6 is 11.6 Å². The molecule has 1 aromatic carbocycles. The van der Waals surface area contributed by atoms with E-state index in [0.717, 1.165) is 17.7 Å². The minimum absolute atomic E-state index is 0.0121. The Morgan fingerprint density at radius 1 is 1.07 bits per heavy atom. The normalized spacial score (nSPS) is 22.7. The lowest BCUT2D eigenvalue weighted by atomic mass is 9.82. The molecule has 1 aromatic heterocycles. The van der Waals surface area contributed by atoms with Crippen molar-refractivity contribution in [1.29, 1.82) is 0 Å². The van der Waals surface area contributed by atoms with Crippen molar-refractivity contribution in [2.75, 3.05) is 13.1 Å². The van der Waals surface area contributed by atoms with E-state index in [2.05, 4.69) is 0 Å². The van der Waals surface area contributed by atoms with E-state index >= 15 is 0 Å². The molecule has 7 heteroatoms. The molecule has 0 saturated carbocycles. The average molecular weight is 405 g/mol. The highest BCUT2D eigenvalue weighted by Gasteiger charge is 2.40. The molecule has 2 aliphatic heterocycles. The predicted octanol–water partition coefficient (Wildman–Crippen LogP) is 3.34. The van der Waals surface area contributed by atoms with Gasteiger partial charge in [-0.2, -0.15) is 4.31 Å². The highest BCUT2D eigenvalue weighted by Crippen LogP contribution is 2.39. The van der Waals surface area contributed by atoms with Crippen molar-refractivity contribution in [3.8, 4) is 0 Å². The summed E-state index contributed by atoms with van der Waals surface area (Å²) in [6.07, 6.45) is 4.83. The van der Waals surface area contributed by atoms with Gasteiger partial charge in [-0.1, -0.05) is 23.8 Å². The van der Waals surface area contributed by atoms with Crippen molar-refractivity contribution in [2.24, 2.45) is 5.92 Å². The molecule has 0 unspecified atom stereocenters. The maximum absolute atomic E-state index is 13.1. The van der Waals surface area contributed by atoms with Gasteiger partial charge >= 0.3 is 0 Å². The molecular weight excluding hydrogens is 384 g/mol. The van der Waals surface area contributed by atoms with Crippen LogP contribution in [0, 0.1) is 5.92 Å². The number of benzene rings is 1. The Morgan fingerprint density at radius 2 is 1.81 bits per heavy atom. The van der Waals surface area contributed by atoms with Gasteiger partial charge in [0.25, 0.3) is 5.56 Å². The Labute approximate surface area is 163 Å². The third kappa shape index (κ3) is 3.26. The quantitative estimate of drug-likeness (QED) is 0.788. The lowest BCUT2D eigenvalue weighted by molar-refractivity contribution is 0.186. The molecule has 142 valence electrons. The predicted molar refractivity (Wildman–Crippen MR) is 106 cm³/mol. The van der Waals surface area contributed by atoms with Crippen molar-refractivity contribution in [2.45, 2.75) is 30.7 Å². The van der Waals surface area contributed by atoms with E-state index in [4.69, 9.17) is 11.6 Å². The zero-order valence-electron chi connectivity index (χ0n) is 15.0.